The molecule has 1 fully saturated rings. The third-order valence-electron chi connectivity index (χ3n) is 2.60. The van der Waals surface area contributed by atoms with Crippen LogP contribution in [0.1, 0.15) is 19.3 Å². The first-order chi connectivity index (χ1) is 6.75. The Kier molecular flexibility index (Phi) is 3.06. The van der Waals surface area contributed by atoms with Crippen molar-refractivity contribution < 1.29 is 9.13 Å². The predicted molar refractivity (Wildman–Crippen MR) is 56.9 cm³/mol. The van der Waals surface area contributed by atoms with E-state index in [-0.39, 0.29) is 5.82 Å². The van der Waals surface area contributed by atoms with Gasteiger partial charge in [0, 0.05) is 6.07 Å². The Balaban J connectivity index is 1.91. The highest BCUT2D eigenvalue weighted by Gasteiger charge is 2.17. The molecule has 14 heavy (non-hydrogen) atoms. The molecule has 1 nitrogen and oxygen atoms in total. The molecule has 1 aliphatic rings. The van der Waals surface area contributed by atoms with Gasteiger partial charge < -0.3 is 4.74 Å². The van der Waals surface area contributed by atoms with Crippen molar-refractivity contribution in [3.8, 4) is 5.75 Å². The Morgan fingerprint density at radius 1 is 1.43 bits per heavy atom. The summed E-state index contributed by atoms with van der Waals surface area (Å²) in [5.41, 5.74) is 0. The molecule has 0 bridgehead atoms. The van der Waals surface area contributed by atoms with Gasteiger partial charge in [-0.3, -0.25) is 0 Å². The van der Waals surface area contributed by atoms with E-state index in [0.29, 0.717) is 16.1 Å². The molecular formula is C11H12BrFO. The molecule has 0 saturated heterocycles. The lowest BCUT2D eigenvalue weighted by atomic mass is 9.86. The third kappa shape index (κ3) is 2.27. The summed E-state index contributed by atoms with van der Waals surface area (Å²) >= 11 is 3.10. The van der Waals surface area contributed by atoms with Gasteiger partial charge in [0.15, 0.2) is 0 Å². The minimum atomic E-state index is -0.267. The van der Waals surface area contributed by atoms with Crippen LogP contribution in [-0.4, -0.2) is 6.61 Å². The van der Waals surface area contributed by atoms with Crippen molar-refractivity contribution in [3.05, 3.63) is 28.5 Å². The van der Waals surface area contributed by atoms with Gasteiger partial charge in [-0.05, 0) is 46.8 Å². The molecule has 0 aromatic heterocycles. The zero-order valence-electron chi connectivity index (χ0n) is 7.80. The number of halogens is 2. The van der Waals surface area contributed by atoms with Gasteiger partial charge in [0.2, 0.25) is 0 Å². The van der Waals surface area contributed by atoms with E-state index in [1.165, 1.54) is 25.3 Å². The lowest BCUT2D eigenvalue weighted by Crippen LogP contribution is -2.19. The number of rotatable bonds is 3. The zero-order chi connectivity index (χ0) is 9.97. The summed E-state index contributed by atoms with van der Waals surface area (Å²) in [5.74, 6) is 1.04. The molecule has 1 aromatic carbocycles. The van der Waals surface area contributed by atoms with Crippen LogP contribution in [0.5, 0.6) is 5.75 Å². The van der Waals surface area contributed by atoms with Crippen LogP contribution < -0.4 is 4.74 Å². The van der Waals surface area contributed by atoms with Gasteiger partial charge in [0.1, 0.15) is 11.6 Å². The molecule has 0 atom stereocenters. The van der Waals surface area contributed by atoms with Crippen molar-refractivity contribution in [1.82, 2.24) is 0 Å². The fourth-order valence-electron chi connectivity index (χ4n) is 1.44. The van der Waals surface area contributed by atoms with E-state index in [1.54, 1.807) is 12.1 Å². The van der Waals surface area contributed by atoms with Crippen LogP contribution in [0.2, 0.25) is 0 Å². The summed E-state index contributed by atoms with van der Waals surface area (Å²) in [7, 11) is 0. The molecule has 2 rings (SSSR count). The van der Waals surface area contributed by atoms with Gasteiger partial charge in [-0.25, -0.2) is 4.39 Å². The molecule has 0 heterocycles. The van der Waals surface area contributed by atoms with E-state index < -0.39 is 0 Å². The van der Waals surface area contributed by atoms with E-state index in [0.717, 1.165) is 6.61 Å². The maximum absolute atomic E-state index is 13.1. The molecule has 0 unspecified atom stereocenters. The summed E-state index contributed by atoms with van der Waals surface area (Å²) in [6, 6.07) is 4.88. The van der Waals surface area contributed by atoms with E-state index in [9.17, 15) is 4.39 Å². The van der Waals surface area contributed by atoms with Crippen LogP contribution in [0.15, 0.2) is 22.7 Å². The normalized spacial score (nSPS) is 16.4. The van der Waals surface area contributed by atoms with Crippen molar-refractivity contribution >= 4 is 15.9 Å². The fourth-order valence-corrected chi connectivity index (χ4v) is 1.69. The first-order valence-corrected chi connectivity index (χ1v) is 5.63. The van der Waals surface area contributed by atoms with Gasteiger partial charge in [-0.15, -0.1) is 0 Å². The predicted octanol–water partition coefficient (Wildman–Crippen LogP) is 3.77. The van der Waals surface area contributed by atoms with Crippen molar-refractivity contribution in [2.24, 2.45) is 5.92 Å². The molecule has 0 aliphatic heterocycles. The number of ether oxygens (including phenoxy) is 1. The molecule has 3 heteroatoms. The van der Waals surface area contributed by atoms with Crippen LogP contribution in [0.4, 0.5) is 4.39 Å². The molecule has 0 N–H and O–H groups in total. The summed E-state index contributed by atoms with van der Waals surface area (Å²) in [6.45, 7) is 0.723. The highest BCUT2D eigenvalue weighted by molar-refractivity contribution is 9.10. The van der Waals surface area contributed by atoms with Crippen LogP contribution in [-0.2, 0) is 0 Å². The average Bonchev–Trinajstić information content (AvgIpc) is 2.08. The molecule has 0 radical (unpaired) electrons. The molecule has 1 aromatic rings. The number of hydrogen-bond acceptors (Lipinski definition) is 1. The van der Waals surface area contributed by atoms with Crippen LogP contribution in [0, 0.1) is 11.7 Å². The highest BCUT2D eigenvalue weighted by atomic mass is 79.9. The van der Waals surface area contributed by atoms with E-state index >= 15 is 0 Å². The minimum Gasteiger partial charge on any atom is -0.493 e. The van der Waals surface area contributed by atoms with Gasteiger partial charge in [0.05, 0.1) is 11.1 Å². The van der Waals surface area contributed by atoms with E-state index in [1.807, 2.05) is 0 Å². The van der Waals surface area contributed by atoms with Gasteiger partial charge >= 0.3 is 0 Å². The summed E-state index contributed by atoms with van der Waals surface area (Å²) in [5, 5.41) is 0. The summed E-state index contributed by atoms with van der Waals surface area (Å²) < 4.78 is 19.0. The molecular weight excluding hydrogens is 247 g/mol. The first-order valence-electron chi connectivity index (χ1n) is 4.83. The lowest BCUT2D eigenvalue weighted by molar-refractivity contribution is 0.180. The lowest BCUT2D eigenvalue weighted by Gasteiger charge is -2.25. The van der Waals surface area contributed by atoms with Crippen molar-refractivity contribution in [2.45, 2.75) is 19.3 Å². The molecule has 1 aliphatic carbocycles. The Labute approximate surface area is 91.4 Å². The average molecular weight is 259 g/mol. The SMILES string of the molecule is Fc1cc(OCC2CCC2)ccc1Br. The van der Waals surface area contributed by atoms with Crippen molar-refractivity contribution in [2.75, 3.05) is 6.61 Å². The van der Waals surface area contributed by atoms with Gasteiger partial charge in [-0.2, -0.15) is 0 Å². The van der Waals surface area contributed by atoms with Crippen molar-refractivity contribution in [3.63, 3.8) is 0 Å². The summed E-state index contributed by atoms with van der Waals surface area (Å²) in [6.07, 6.45) is 3.81. The second kappa shape index (κ2) is 4.30. The standard InChI is InChI=1S/C11H12BrFO/c12-10-5-4-9(6-11(10)13)14-7-8-2-1-3-8/h4-6,8H,1-3,7H2. The Bertz CT molecular complexity index is 323. The van der Waals surface area contributed by atoms with Gasteiger partial charge in [0.25, 0.3) is 0 Å². The largest absolute Gasteiger partial charge is 0.493 e. The monoisotopic (exact) mass is 258 g/mol. The van der Waals surface area contributed by atoms with Crippen molar-refractivity contribution in [1.29, 1.82) is 0 Å². The zero-order valence-corrected chi connectivity index (χ0v) is 9.39. The molecule has 1 saturated carbocycles. The maximum atomic E-state index is 13.1. The number of benzene rings is 1. The fraction of sp³-hybridized carbons (Fsp3) is 0.455. The Morgan fingerprint density at radius 3 is 2.79 bits per heavy atom. The Hall–Kier alpha value is -0.570. The first kappa shape index (κ1) is 9.97. The Morgan fingerprint density at radius 2 is 2.21 bits per heavy atom. The van der Waals surface area contributed by atoms with E-state index in [2.05, 4.69) is 15.9 Å². The summed E-state index contributed by atoms with van der Waals surface area (Å²) in [4.78, 5) is 0. The van der Waals surface area contributed by atoms with Crippen LogP contribution in [0.3, 0.4) is 0 Å². The minimum absolute atomic E-state index is 0.267. The molecule has 0 amide bonds. The smallest absolute Gasteiger partial charge is 0.141 e. The topological polar surface area (TPSA) is 9.23 Å². The maximum Gasteiger partial charge on any atom is 0.141 e. The second-order valence-corrected chi connectivity index (χ2v) is 4.54. The van der Waals surface area contributed by atoms with Crippen LogP contribution >= 0.6 is 15.9 Å². The molecule has 76 valence electrons. The highest BCUT2D eigenvalue weighted by Crippen LogP contribution is 2.28. The second-order valence-electron chi connectivity index (χ2n) is 3.68. The quantitative estimate of drug-likeness (QED) is 0.802. The number of hydrogen-bond donors (Lipinski definition) is 0. The molecule has 0 spiro atoms. The van der Waals surface area contributed by atoms with Crippen LogP contribution in [0.25, 0.3) is 0 Å². The third-order valence-corrected chi connectivity index (χ3v) is 3.24. The van der Waals surface area contributed by atoms with E-state index in [4.69, 9.17) is 4.74 Å². The van der Waals surface area contributed by atoms with Gasteiger partial charge in [-0.1, -0.05) is 6.42 Å².